The van der Waals surface area contributed by atoms with Crippen LogP contribution in [0.2, 0.25) is 0 Å². The number of carbonyl (C=O) groups is 1. The summed E-state index contributed by atoms with van der Waals surface area (Å²) in [5.74, 6) is -7.79. The van der Waals surface area contributed by atoms with Crippen LogP contribution in [0.15, 0.2) is 27.9 Å². The van der Waals surface area contributed by atoms with E-state index in [1.54, 1.807) is 0 Å². The van der Waals surface area contributed by atoms with Gasteiger partial charge in [0.25, 0.3) is 0 Å². The van der Waals surface area contributed by atoms with Crippen LogP contribution in [0.25, 0.3) is 6.08 Å². The molecular formula is C13H10F8N2O8S. The van der Waals surface area contributed by atoms with Gasteiger partial charge in [0.15, 0.2) is 0 Å². The second-order valence-corrected chi connectivity index (χ2v) is 8.42. The van der Waals surface area contributed by atoms with Crippen molar-refractivity contribution >= 4 is 22.3 Å². The molecule has 1 aromatic rings. The van der Waals surface area contributed by atoms with Crippen LogP contribution >= 0.6 is 10.2 Å². The van der Waals surface area contributed by atoms with Crippen LogP contribution < -0.4 is 10.3 Å². The third-order valence-corrected chi connectivity index (χ3v) is 4.74. The van der Waals surface area contributed by atoms with E-state index in [4.69, 9.17) is 0 Å². The summed E-state index contributed by atoms with van der Waals surface area (Å²) >= 11 is 0. The molecule has 4 N–H and O–H groups in total. The molecule has 0 radical (unpaired) electrons. The van der Waals surface area contributed by atoms with Gasteiger partial charge in [-0.15, -0.1) is 10.5 Å². The highest BCUT2D eigenvalue weighted by Gasteiger charge is 2.66. The number of fused-ring (bicyclic) bond motifs is 1. The smallest absolute Gasteiger partial charge is 0.430 e. The number of carbonyl (C=O) groups excluding carboxylic acids is 1. The van der Waals surface area contributed by atoms with Crippen molar-refractivity contribution in [3.8, 4) is 5.75 Å². The number of alkyl halides is 3. The van der Waals surface area contributed by atoms with E-state index in [1.807, 2.05) is 5.29 Å². The number of hydrogen-bond donors (Lipinski definition) is 4. The first-order chi connectivity index (χ1) is 14.1. The number of halogens is 8. The minimum Gasteiger partial charge on any atom is -0.475 e. The third kappa shape index (κ3) is 5.73. The zero-order chi connectivity index (χ0) is 24.8. The van der Waals surface area contributed by atoms with Gasteiger partial charge in [0.2, 0.25) is 12.9 Å². The average molecular weight is 506 g/mol. The van der Waals surface area contributed by atoms with Gasteiger partial charge in [-0.25, -0.2) is 9.63 Å². The molecule has 1 aromatic carbocycles. The first-order valence-corrected chi connectivity index (χ1v) is 9.51. The van der Waals surface area contributed by atoms with Gasteiger partial charge < -0.3 is 24.8 Å². The largest absolute Gasteiger partial charge is 0.475 e. The first kappa shape index (κ1) is 25.5. The molecule has 0 aromatic heterocycles. The quantitative estimate of drug-likeness (QED) is 0.109. The van der Waals surface area contributed by atoms with Crippen LogP contribution in [0, 0.1) is 4.91 Å². The SMILES string of the molecule is O=NNOCOC(=O)C1=Cc2cc(S(F)(F)(F)(F)F)cc(C(O)(O)O)c2OC1C(F)(F)F. The predicted molar refractivity (Wildman–Crippen MR) is 85.6 cm³/mol. The predicted octanol–water partition coefficient (Wildman–Crippen LogP) is 2.84. The van der Waals surface area contributed by atoms with Crippen LogP contribution in [0.1, 0.15) is 11.1 Å². The standard InChI is InChI=1S/C13H10F8N2O8S/c14-12(15,16)10-7(11(24)29-4-30-23-22-28)2-5-1-6(32(17,18,19,20)21)3-8(9(5)31-10)13(25,26)27/h1-3,10,25-27H,4H2,(H,23,28). The summed E-state index contributed by atoms with van der Waals surface area (Å²) in [6.45, 7) is -1.23. The fourth-order valence-corrected chi connectivity index (χ4v) is 3.08. The van der Waals surface area contributed by atoms with Crippen LogP contribution in [0.3, 0.4) is 0 Å². The summed E-state index contributed by atoms with van der Waals surface area (Å²) in [7, 11) is -10.6. The van der Waals surface area contributed by atoms with E-state index in [2.05, 4.69) is 14.3 Å². The molecule has 0 amide bonds. The van der Waals surface area contributed by atoms with E-state index < -0.39 is 80.7 Å². The number of nitrogens with zero attached hydrogens (tertiary/aromatic N) is 1. The second kappa shape index (κ2) is 7.13. The van der Waals surface area contributed by atoms with E-state index in [-0.39, 0.29) is 6.08 Å². The number of hydrogen-bond acceptors (Lipinski definition) is 9. The zero-order valence-electron chi connectivity index (χ0n) is 14.8. The minimum absolute atomic E-state index is 0.00698. The summed E-state index contributed by atoms with van der Waals surface area (Å²) in [6.07, 6.45) is -8.80. The monoisotopic (exact) mass is 506 g/mol. The number of rotatable bonds is 7. The third-order valence-electron chi connectivity index (χ3n) is 3.61. The lowest BCUT2D eigenvalue weighted by Gasteiger charge is -2.41. The molecule has 0 saturated heterocycles. The number of nitroso groups, excluding NO2 is 1. The lowest BCUT2D eigenvalue weighted by atomic mass is 9.98. The minimum atomic E-state index is -10.6. The summed E-state index contributed by atoms with van der Waals surface area (Å²) in [6, 6.07) is -1.14. The van der Waals surface area contributed by atoms with Crippen molar-refractivity contribution in [3.63, 3.8) is 0 Å². The van der Waals surface area contributed by atoms with Crippen LogP contribution in [-0.2, 0) is 20.3 Å². The van der Waals surface area contributed by atoms with Crippen LogP contribution in [0.4, 0.5) is 32.6 Å². The second-order valence-electron chi connectivity index (χ2n) is 6.01. The van der Waals surface area contributed by atoms with E-state index in [1.165, 1.54) is 5.59 Å². The molecule has 2 rings (SSSR count). The molecule has 1 unspecified atom stereocenters. The number of aliphatic hydroxyl groups is 3. The van der Waals surface area contributed by atoms with Crippen molar-refractivity contribution in [2.75, 3.05) is 6.79 Å². The molecule has 0 spiro atoms. The highest BCUT2D eigenvalue weighted by Crippen LogP contribution is 3.02. The van der Waals surface area contributed by atoms with Gasteiger partial charge >= 0.3 is 28.3 Å². The number of esters is 1. The van der Waals surface area contributed by atoms with Gasteiger partial charge in [-0.3, -0.25) is 0 Å². The van der Waals surface area contributed by atoms with Crippen molar-refractivity contribution in [1.82, 2.24) is 5.59 Å². The van der Waals surface area contributed by atoms with Crippen molar-refractivity contribution in [3.05, 3.63) is 33.7 Å². The summed E-state index contributed by atoms with van der Waals surface area (Å²) in [5, 5.41) is 29.6. The Morgan fingerprint density at radius 1 is 1.16 bits per heavy atom. The molecule has 0 bridgehead atoms. The molecular weight excluding hydrogens is 496 g/mol. The number of nitrogens with one attached hydrogen (secondary N) is 1. The highest BCUT2D eigenvalue weighted by atomic mass is 32.5. The fourth-order valence-electron chi connectivity index (χ4n) is 2.39. The summed E-state index contributed by atoms with van der Waals surface area (Å²) in [4.78, 5) is 22.8. The van der Waals surface area contributed by atoms with Crippen molar-refractivity contribution in [2.24, 2.45) is 5.29 Å². The highest BCUT2D eigenvalue weighted by molar-refractivity contribution is 8.45. The van der Waals surface area contributed by atoms with Crippen molar-refractivity contribution < 1.29 is 67.0 Å². The number of ether oxygens (including phenoxy) is 2. The topological polar surface area (TPSA) is 147 Å². The molecule has 1 aliphatic heterocycles. The van der Waals surface area contributed by atoms with E-state index in [9.17, 15) is 57.6 Å². The van der Waals surface area contributed by atoms with E-state index >= 15 is 0 Å². The molecule has 10 nitrogen and oxygen atoms in total. The average Bonchev–Trinajstić information content (AvgIpc) is 2.59. The van der Waals surface area contributed by atoms with Gasteiger partial charge in [0.05, 0.1) is 16.4 Å². The number of benzene rings is 1. The Kier molecular flexibility index (Phi) is 5.69. The van der Waals surface area contributed by atoms with Gasteiger partial charge in [0.1, 0.15) is 10.6 Å². The molecule has 0 fully saturated rings. The molecule has 19 heteroatoms. The molecule has 182 valence electrons. The Morgan fingerprint density at radius 2 is 1.75 bits per heavy atom. The molecule has 1 heterocycles. The lowest BCUT2D eigenvalue weighted by molar-refractivity contribution is -0.324. The Balaban J connectivity index is 2.72. The van der Waals surface area contributed by atoms with E-state index in [0.29, 0.717) is 0 Å². The Bertz CT molecular complexity index is 974. The summed E-state index contributed by atoms with van der Waals surface area (Å²) < 4.78 is 115. The molecule has 1 aliphatic rings. The van der Waals surface area contributed by atoms with Crippen molar-refractivity contribution in [1.29, 1.82) is 0 Å². The molecule has 0 aliphatic carbocycles. The Morgan fingerprint density at radius 3 is 2.22 bits per heavy atom. The fraction of sp³-hybridized carbons (Fsp3) is 0.308. The maximum absolute atomic E-state index is 13.4. The van der Waals surface area contributed by atoms with Gasteiger partial charge in [-0.1, -0.05) is 19.4 Å². The van der Waals surface area contributed by atoms with Crippen LogP contribution in [0.5, 0.6) is 5.75 Å². The maximum Gasteiger partial charge on any atom is 0.430 e. The zero-order valence-corrected chi connectivity index (χ0v) is 15.6. The normalized spacial score (nSPS) is 19.0. The Labute approximate surface area is 170 Å². The van der Waals surface area contributed by atoms with Gasteiger partial charge in [-0.2, -0.15) is 13.2 Å². The molecule has 0 saturated carbocycles. The molecule has 32 heavy (non-hydrogen) atoms. The van der Waals surface area contributed by atoms with Gasteiger partial charge in [0, 0.05) is 5.56 Å². The van der Waals surface area contributed by atoms with Gasteiger partial charge in [-0.05, 0) is 18.2 Å². The lowest BCUT2D eigenvalue weighted by Crippen LogP contribution is -2.42. The van der Waals surface area contributed by atoms with Crippen LogP contribution in [-0.4, -0.2) is 40.4 Å². The van der Waals surface area contributed by atoms with E-state index in [0.717, 1.165) is 0 Å². The molecule has 1 atom stereocenters. The first-order valence-electron chi connectivity index (χ1n) is 7.56. The summed E-state index contributed by atoms with van der Waals surface area (Å²) in [5.41, 5.74) is -3.55. The Hall–Kier alpha value is -2.74. The maximum atomic E-state index is 13.4. The van der Waals surface area contributed by atoms with Crippen molar-refractivity contribution in [2.45, 2.75) is 23.1 Å².